The fourth-order valence-electron chi connectivity index (χ4n) is 1.82. The van der Waals surface area contributed by atoms with Crippen molar-refractivity contribution in [2.75, 3.05) is 5.32 Å². The highest BCUT2D eigenvalue weighted by atomic mass is 79.9. The Balaban J connectivity index is 2.26. The van der Waals surface area contributed by atoms with Gasteiger partial charge in [-0.15, -0.1) is 0 Å². The van der Waals surface area contributed by atoms with E-state index >= 15 is 0 Å². The molecule has 2 aromatic carbocycles. The minimum atomic E-state index is -0.0794. The quantitative estimate of drug-likeness (QED) is 0.859. The van der Waals surface area contributed by atoms with E-state index < -0.39 is 0 Å². The standard InChI is InChI=1S/C16H16BrNO/c1-10-7-8-13(9-11(10)2)16(19)18-15-6-4-5-14(17)12(15)3/h4-9H,1-3H3,(H,18,19). The molecule has 0 bridgehead atoms. The van der Waals surface area contributed by atoms with Crippen molar-refractivity contribution in [2.45, 2.75) is 20.8 Å². The molecule has 0 fully saturated rings. The summed E-state index contributed by atoms with van der Waals surface area (Å²) in [4.78, 5) is 12.2. The Bertz CT molecular complexity index is 635. The third-order valence-electron chi connectivity index (χ3n) is 3.28. The maximum Gasteiger partial charge on any atom is 0.255 e. The Morgan fingerprint density at radius 3 is 2.47 bits per heavy atom. The van der Waals surface area contributed by atoms with Crippen LogP contribution in [0.5, 0.6) is 0 Å². The van der Waals surface area contributed by atoms with E-state index in [1.54, 1.807) is 0 Å². The maximum absolute atomic E-state index is 12.2. The van der Waals surface area contributed by atoms with Gasteiger partial charge in [0.1, 0.15) is 0 Å². The van der Waals surface area contributed by atoms with Crippen LogP contribution in [0.1, 0.15) is 27.0 Å². The molecule has 0 saturated heterocycles. The van der Waals surface area contributed by atoms with Crippen molar-refractivity contribution < 1.29 is 4.79 Å². The number of carbonyl (C=O) groups is 1. The molecule has 2 rings (SSSR count). The topological polar surface area (TPSA) is 29.1 Å². The van der Waals surface area contributed by atoms with Gasteiger partial charge in [-0.05, 0) is 61.7 Å². The van der Waals surface area contributed by atoms with Gasteiger partial charge in [-0.1, -0.05) is 28.1 Å². The van der Waals surface area contributed by atoms with Gasteiger partial charge in [0.25, 0.3) is 5.91 Å². The molecule has 19 heavy (non-hydrogen) atoms. The lowest BCUT2D eigenvalue weighted by atomic mass is 10.1. The van der Waals surface area contributed by atoms with E-state index in [1.807, 2.05) is 57.2 Å². The van der Waals surface area contributed by atoms with Crippen molar-refractivity contribution in [3.63, 3.8) is 0 Å². The first kappa shape index (κ1) is 13.8. The van der Waals surface area contributed by atoms with E-state index in [0.29, 0.717) is 5.56 Å². The average Bonchev–Trinajstić information content (AvgIpc) is 2.38. The number of hydrogen-bond acceptors (Lipinski definition) is 1. The van der Waals surface area contributed by atoms with E-state index in [0.717, 1.165) is 21.3 Å². The third-order valence-corrected chi connectivity index (χ3v) is 4.14. The van der Waals surface area contributed by atoms with Gasteiger partial charge in [-0.2, -0.15) is 0 Å². The van der Waals surface area contributed by atoms with E-state index in [2.05, 4.69) is 21.2 Å². The summed E-state index contributed by atoms with van der Waals surface area (Å²) in [5, 5.41) is 2.95. The van der Waals surface area contributed by atoms with Gasteiger partial charge in [-0.3, -0.25) is 4.79 Å². The summed E-state index contributed by atoms with van der Waals surface area (Å²) < 4.78 is 0.991. The number of benzene rings is 2. The molecule has 0 aliphatic rings. The second-order valence-corrected chi connectivity index (χ2v) is 5.52. The summed E-state index contributed by atoms with van der Waals surface area (Å²) in [5.41, 5.74) is 4.86. The summed E-state index contributed by atoms with van der Waals surface area (Å²) in [6, 6.07) is 11.5. The monoisotopic (exact) mass is 317 g/mol. The number of hydrogen-bond donors (Lipinski definition) is 1. The number of nitrogens with one attached hydrogen (secondary N) is 1. The Kier molecular flexibility index (Phi) is 4.05. The SMILES string of the molecule is Cc1ccc(C(=O)Nc2cccc(Br)c2C)cc1C. The van der Waals surface area contributed by atoms with Gasteiger partial charge in [0.2, 0.25) is 0 Å². The molecule has 2 aromatic rings. The zero-order valence-electron chi connectivity index (χ0n) is 11.3. The minimum absolute atomic E-state index is 0.0794. The summed E-state index contributed by atoms with van der Waals surface area (Å²) in [5.74, 6) is -0.0794. The highest BCUT2D eigenvalue weighted by Crippen LogP contribution is 2.24. The van der Waals surface area contributed by atoms with E-state index in [-0.39, 0.29) is 5.91 Å². The van der Waals surface area contributed by atoms with Gasteiger partial charge in [0, 0.05) is 15.7 Å². The fourth-order valence-corrected chi connectivity index (χ4v) is 2.19. The average molecular weight is 318 g/mol. The van der Waals surface area contributed by atoms with Crippen LogP contribution in [0, 0.1) is 20.8 Å². The normalized spacial score (nSPS) is 10.3. The van der Waals surface area contributed by atoms with E-state index in [1.165, 1.54) is 5.56 Å². The molecule has 1 N–H and O–H groups in total. The first-order valence-corrected chi connectivity index (χ1v) is 6.92. The van der Waals surface area contributed by atoms with Gasteiger partial charge >= 0.3 is 0 Å². The lowest BCUT2D eigenvalue weighted by molar-refractivity contribution is 0.102. The summed E-state index contributed by atoms with van der Waals surface area (Å²) in [6.07, 6.45) is 0. The predicted molar refractivity (Wildman–Crippen MR) is 82.7 cm³/mol. The van der Waals surface area contributed by atoms with E-state index in [9.17, 15) is 4.79 Å². The second-order valence-electron chi connectivity index (χ2n) is 4.67. The van der Waals surface area contributed by atoms with Crippen molar-refractivity contribution in [3.8, 4) is 0 Å². The molecule has 0 aliphatic carbocycles. The molecular formula is C16H16BrNO. The molecule has 0 atom stereocenters. The summed E-state index contributed by atoms with van der Waals surface area (Å²) in [7, 11) is 0. The fraction of sp³-hybridized carbons (Fsp3) is 0.188. The lowest BCUT2D eigenvalue weighted by Gasteiger charge is -2.10. The molecule has 0 spiro atoms. The zero-order valence-corrected chi connectivity index (χ0v) is 12.8. The molecular weight excluding hydrogens is 302 g/mol. The first-order valence-electron chi connectivity index (χ1n) is 6.13. The number of anilines is 1. The molecule has 3 heteroatoms. The van der Waals surface area contributed by atoms with Gasteiger partial charge in [0.15, 0.2) is 0 Å². The first-order chi connectivity index (χ1) is 8.99. The number of amides is 1. The van der Waals surface area contributed by atoms with Crippen LogP contribution in [-0.4, -0.2) is 5.91 Å². The Hall–Kier alpha value is -1.61. The van der Waals surface area contributed by atoms with Crippen LogP contribution in [0.25, 0.3) is 0 Å². The molecule has 0 heterocycles. The molecule has 0 unspecified atom stereocenters. The van der Waals surface area contributed by atoms with Crippen molar-refractivity contribution in [3.05, 3.63) is 63.1 Å². The largest absolute Gasteiger partial charge is 0.322 e. The van der Waals surface area contributed by atoms with Gasteiger partial charge in [0.05, 0.1) is 0 Å². The summed E-state index contributed by atoms with van der Waals surface area (Å²) >= 11 is 3.46. The number of halogens is 1. The van der Waals surface area contributed by atoms with Crippen LogP contribution < -0.4 is 5.32 Å². The zero-order chi connectivity index (χ0) is 14.0. The number of aryl methyl sites for hydroxylation is 2. The van der Waals surface area contributed by atoms with Crippen molar-refractivity contribution in [1.82, 2.24) is 0 Å². The summed E-state index contributed by atoms with van der Waals surface area (Å²) in [6.45, 7) is 6.02. The van der Waals surface area contributed by atoms with Crippen LogP contribution >= 0.6 is 15.9 Å². The predicted octanol–water partition coefficient (Wildman–Crippen LogP) is 4.63. The van der Waals surface area contributed by atoms with Crippen molar-refractivity contribution >= 4 is 27.5 Å². The Labute approximate surface area is 122 Å². The highest BCUT2D eigenvalue weighted by Gasteiger charge is 2.09. The van der Waals surface area contributed by atoms with Gasteiger partial charge in [-0.25, -0.2) is 0 Å². The Morgan fingerprint density at radius 1 is 1.05 bits per heavy atom. The number of carbonyl (C=O) groups excluding carboxylic acids is 1. The third kappa shape index (κ3) is 3.04. The molecule has 1 amide bonds. The smallest absolute Gasteiger partial charge is 0.255 e. The van der Waals surface area contributed by atoms with E-state index in [4.69, 9.17) is 0 Å². The van der Waals surface area contributed by atoms with Crippen LogP contribution in [0.15, 0.2) is 40.9 Å². The maximum atomic E-state index is 12.2. The second kappa shape index (κ2) is 5.57. The number of rotatable bonds is 2. The van der Waals surface area contributed by atoms with Gasteiger partial charge < -0.3 is 5.32 Å². The van der Waals surface area contributed by atoms with Crippen LogP contribution in [-0.2, 0) is 0 Å². The lowest BCUT2D eigenvalue weighted by Crippen LogP contribution is -2.13. The molecule has 0 aliphatic heterocycles. The molecule has 0 radical (unpaired) electrons. The minimum Gasteiger partial charge on any atom is -0.322 e. The molecule has 2 nitrogen and oxygen atoms in total. The van der Waals surface area contributed by atoms with Crippen molar-refractivity contribution in [2.24, 2.45) is 0 Å². The molecule has 98 valence electrons. The highest BCUT2D eigenvalue weighted by molar-refractivity contribution is 9.10. The Morgan fingerprint density at radius 2 is 1.79 bits per heavy atom. The molecule has 0 aromatic heterocycles. The molecule has 0 saturated carbocycles. The van der Waals surface area contributed by atoms with Crippen LogP contribution in [0.4, 0.5) is 5.69 Å². The van der Waals surface area contributed by atoms with Crippen LogP contribution in [0.2, 0.25) is 0 Å². The van der Waals surface area contributed by atoms with Crippen LogP contribution in [0.3, 0.4) is 0 Å². The van der Waals surface area contributed by atoms with Crippen molar-refractivity contribution in [1.29, 1.82) is 0 Å².